The van der Waals surface area contributed by atoms with E-state index >= 15 is 0 Å². The number of hydrogen-bond acceptors (Lipinski definition) is 5. The van der Waals surface area contributed by atoms with Crippen LogP contribution in [0.4, 0.5) is 5.69 Å². The van der Waals surface area contributed by atoms with E-state index in [0.29, 0.717) is 39.1 Å². The van der Waals surface area contributed by atoms with Crippen molar-refractivity contribution >= 4 is 23.2 Å². The van der Waals surface area contributed by atoms with Crippen LogP contribution < -0.4 is 5.32 Å². The Bertz CT molecular complexity index is 1150. The monoisotopic (exact) mass is 393 g/mol. The summed E-state index contributed by atoms with van der Waals surface area (Å²) in [6, 6.07) is 10.8. The third-order valence-corrected chi connectivity index (χ3v) is 4.63. The van der Waals surface area contributed by atoms with Crippen molar-refractivity contribution in [1.82, 2.24) is 19.7 Å². The van der Waals surface area contributed by atoms with Gasteiger partial charge in [0.05, 0.1) is 16.9 Å². The van der Waals surface area contributed by atoms with Crippen LogP contribution in [0.3, 0.4) is 0 Å². The molecule has 0 aliphatic heterocycles. The zero-order chi connectivity index (χ0) is 19.7. The Morgan fingerprint density at radius 1 is 1.14 bits per heavy atom. The molecule has 0 fully saturated rings. The molecule has 0 saturated heterocycles. The van der Waals surface area contributed by atoms with E-state index in [0.717, 1.165) is 5.82 Å². The molecule has 0 unspecified atom stereocenters. The lowest BCUT2D eigenvalue weighted by Gasteiger charge is -2.08. The molecule has 0 radical (unpaired) electrons. The molecule has 0 bridgehead atoms. The molecule has 8 heteroatoms. The molecule has 0 aliphatic rings. The van der Waals surface area contributed by atoms with E-state index in [9.17, 15) is 4.79 Å². The smallest absolute Gasteiger partial charge is 0.261 e. The number of imidazole rings is 1. The number of hydrogen-bond donors (Lipinski definition) is 1. The summed E-state index contributed by atoms with van der Waals surface area (Å²) in [4.78, 5) is 21.4. The van der Waals surface area contributed by atoms with E-state index in [1.54, 1.807) is 43.6 Å². The molecule has 1 N–H and O–H groups in total. The number of nitrogens with one attached hydrogen (secondary N) is 1. The highest BCUT2D eigenvalue weighted by Gasteiger charge is 2.23. The van der Waals surface area contributed by atoms with Gasteiger partial charge in [-0.25, -0.2) is 9.97 Å². The first-order chi connectivity index (χ1) is 13.5. The van der Waals surface area contributed by atoms with E-state index < -0.39 is 0 Å². The van der Waals surface area contributed by atoms with Gasteiger partial charge in [-0.1, -0.05) is 35.0 Å². The van der Waals surface area contributed by atoms with Crippen LogP contribution in [0, 0.1) is 13.8 Å². The molecule has 0 aliphatic carbocycles. The van der Waals surface area contributed by atoms with Gasteiger partial charge in [0.15, 0.2) is 0 Å². The topological polar surface area (TPSA) is 85.8 Å². The highest BCUT2D eigenvalue weighted by molar-refractivity contribution is 6.33. The fraction of sp³-hybridized carbons (Fsp3) is 0.100. The molecule has 0 atom stereocenters. The van der Waals surface area contributed by atoms with Gasteiger partial charge in [0.1, 0.15) is 28.7 Å². The Balaban J connectivity index is 1.61. The van der Waals surface area contributed by atoms with Crippen LogP contribution in [0.25, 0.3) is 17.1 Å². The molecule has 4 rings (SSSR count). The summed E-state index contributed by atoms with van der Waals surface area (Å²) in [5.41, 5.74) is 1.93. The maximum absolute atomic E-state index is 12.9. The first-order valence-electron chi connectivity index (χ1n) is 8.53. The van der Waals surface area contributed by atoms with Crippen LogP contribution in [-0.4, -0.2) is 25.6 Å². The maximum atomic E-state index is 12.9. The van der Waals surface area contributed by atoms with Gasteiger partial charge in [-0.2, -0.15) is 0 Å². The molecule has 1 amide bonds. The number of rotatable bonds is 4. The number of amides is 1. The standard InChI is InChI=1S/C20H16ClN5O2/c1-12-18(19(25-28-12)15-5-3-4-6-16(15)21)20(27)24-14-7-8-17(23-11-14)26-10-9-22-13(26)2/h3-11H,1-2H3,(H,24,27). The number of nitrogens with zero attached hydrogens (tertiary/aromatic N) is 4. The summed E-state index contributed by atoms with van der Waals surface area (Å²) in [6.45, 7) is 3.58. The number of halogens is 1. The number of aromatic nitrogens is 4. The molecule has 0 saturated carbocycles. The van der Waals surface area contributed by atoms with Gasteiger partial charge in [-0.15, -0.1) is 0 Å². The highest BCUT2D eigenvalue weighted by atomic mass is 35.5. The van der Waals surface area contributed by atoms with Gasteiger partial charge in [0.25, 0.3) is 5.91 Å². The van der Waals surface area contributed by atoms with Crippen LogP contribution >= 0.6 is 11.6 Å². The van der Waals surface area contributed by atoms with Crippen molar-refractivity contribution in [3.8, 4) is 17.1 Å². The maximum Gasteiger partial charge on any atom is 0.261 e. The van der Waals surface area contributed by atoms with Gasteiger partial charge in [0, 0.05) is 18.0 Å². The van der Waals surface area contributed by atoms with Gasteiger partial charge < -0.3 is 9.84 Å². The van der Waals surface area contributed by atoms with Crippen molar-refractivity contribution in [2.75, 3.05) is 5.32 Å². The minimum atomic E-state index is -0.345. The minimum absolute atomic E-state index is 0.336. The highest BCUT2D eigenvalue weighted by Crippen LogP contribution is 2.31. The molecule has 1 aromatic carbocycles. The van der Waals surface area contributed by atoms with E-state index in [1.807, 2.05) is 29.8 Å². The van der Waals surface area contributed by atoms with Crippen LogP contribution in [0.5, 0.6) is 0 Å². The number of anilines is 1. The number of pyridine rings is 1. The lowest BCUT2D eigenvalue weighted by atomic mass is 10.1. The van der Waals surface area contributed by atoms with Gasteiger partial charge in [0.2, 0.25) is 0 Å². The van der Waals surface area contributed by atoms with Gasteiger partial charge in [-0.3, -0.25) is 9.36 Å². The summed E-state index contributed by atoms with van der Waals surface area (Å²) in [6.07, 6.45) is 5.12. The van der Waals surface area contributed by atoms with Crippen molar-refractivity contribution in [1.29, 1.82) is 0 Å². The molecule has 28 heavy (non-hydrogen) atoms. The van der Waals surface area contributed by atoms with Crippen molar-refractivity contribution in [2.45, 2.75) is 13.8 Å². The Kier molecular flexibility index (Phi) is 4.67. The first-order valence-corrected chi connectivity index (χ1v) is 8.91. The second-order valence-electron chi connectivity index (χ2n) is 6.15. The molecule has 0 spiro atoms. The Morgan fingerprint density at radius 2 is 1.96 bits per heavy atom. The zero-order valence-corrected chi connectivity index (χ0v) is 15.9. The Hall–Kier alpha value is -3.45. The molecular formula is C20H16ClN5O2. The van der Waals surface area contributed by atoms with Gasteiger partial charge >= 0.3 is 0 Å². The van der Waals surface area contributed by atoms with E-state index in [1.165, 1.54) is 0 Å². The predicted molar refractivity (Wildman–Crippen MR) is 106 cm³/mol. The number of benzene rings is 1. The number of carbonyl (C=O) groups is 1. The molecular weight excluding hydrogens is 378 g/mol. The van der Waals surface area contributed by atoms with Crippen LogP contribution in [0.1, 0.15) is 21.9 Å². The quantitative estimate of drug-likeness (QED) is 0.553. The van der Waals surface area contributed by atoms with Crippen molar-refractivity contribution in [2.24, 2.45) is 0 Å². The fourth-order valence-electron chi connectivity index (χ4n) is 2.89. The van der Waals surface area contributed by atoms with E-state index in [2.05, 4.69) is 20.4 Å². The normalized spacial score (nSPS) is 10.8. The van der Waals surface area contributed by atoms with Crippen molar-refractivity contribution in [3.63, 3.8) is 0 Å². The van der Waals surface area contributed by atoms with Crippen LogP contribution in [0.15, 0.2) is 59.5 Å². The van der Waals surface area contributed by atoms with Crippen molar-refractivity contribution < 1.29 is 9.32 Å². The third-order valence-electron chi connectivity index (χ3n) is 4.30. The zero-order valence-electron chi connectivity index (χ0n) is 15.2. The summed E-state index contributed by atoms with van der Waals surface area (Å²) in [5, 5.41) is 7.35. The van der Waals surface area contributed by atoms with Crippen molar-refractivity contribution in [3.05, 3.63) is 77.2 Å². The lowest BCUT2D eigenvalue weighted by molar-refractivity contribution is 0.102. The SMILES string of the molecule is Cc1onc(-c2ccccc2Cl)c1C(=O)Nc1ccc(-n2ccnc2C)nc1. The Labute approximate surface area is 166 Å². The first kappa shape index (κ1) is 17.9. The molecule has 3 aromatic heterocycles. The predicted octanol–water partition coefficient (Wildman–Crippen LogP) is 4.44. The molecule has 7 nitrogen and oxygen atoms in total. The minimum Gasteiger partial charge on any atom is -0.360 e. The molecule has 140 valence electrons. The molecule has 4 aromatic rings. The second kappa shape index (κ2) is 7.28. The van der Waals surface area contributed by atoms with E-state index in [4.69, 9.17) is 16.1 Å². The largest absolute Gasteiger partial charge is 0.360 e. The molecule has 3 heterocycles. The number of carbonyl (C=O) groups excluding carboxylic acids is 1. The summed E-state index contributed by atoms with van der Waals surface area (Å²) < 4.78 is 7.10. The summed E-state index contributed by atoms with van der Waals surface area (Å²) >= 11 is 6.25. The van der Waals surface area contributed by atoms with E-state index in [-0.39, 0.29) is 5.91 Å². The number of aryl methyl sites for hydroxylation is 2. The average molecular weight is 394 g/mol. The Morgan fingerprint density at radius 3 is 2.64 bits per heavy atom. The third kappa shape index (κ3) is 3.27. The summed E-state index contributed by atoms with van der Waals surface area (Å²) in [5.74, 6) is 1.60. The lowest BCUT2D eigenvalue weighted by Crippen LogP contribution is -2.14. The summed E-state index contributed by atoms with van der Waals surface area (Å²) in [7, 11) is 0. The van der Waals surface area contributed by atoms with Crippen LogP contribution in [0.2, 0.25) is 5.02 Å². The fourth-order valence-corrected chi connectivity index (χ4v) is 3.12. The van der Waals surface area contributed by atoms with Gasteiger partial charge in [-0.05, 0) is 32.0 Å². The van der Waals surface area contributed by atoms with Crippen LogP contribution in [-0.2, 0) is 0 Å². The average Bonchev–Trinajstić information content (AvgIpc) is 3.28. The second-order valence-corrected chi connectivity index (χ2v) is 6.55.